The summed E-state index contributed by atoms with van der Waals surface area (Å²) in [6.45, 7) is 5.11. The number of hydrogen-bond donors (Lipinski definition) is 2. The van der Waals surface area contributed by atoms with Crippen LogP contribution in [-0.2, 0) is 0 Å². The van der Waals surface area contributed by atoms with Gasteiger partial charge in [-0.25, -0.2) is 0 Å². The number of guanidine groups is 1. The molecule has 1 fully saturated rings. The third-order valence-electron chi connectivity index (χ3n) is 2.70. The van der Waals surface area contributed by atoms with Gasteiger partial charge in [0.25, 0.3) is 0 Å². The van der Waals surface area contributed by atoms with Crippen LogP contribution in [0, 0.1) is 5.92 Å². The fraction of sp³-hybridized carbons (Fsp3) is 0.909. The molecule has 0 heterocycles. The highest BCUT2D eigenvalue weighted by Crippen LogP contribution is 2.27. The van der Waals surface area contributed by atoms with Gasteiger partial charge in [0.1, 0.15) is 0 Å². The van der Waals surface area contributed by atoms with E-state index in [1.165, 1.54) is 19.3 Å². The zero-order chi connectivity index (χ0) is 11.3. The second-order valence-electron chi connectivity index (χ2n) is 4.63. The minimum atomic E-state index is 0.540. The van der Waals surface area contributed by atoms with Crippen molar-refractivity contribution < 1.29 is 0 Å². The van der Waals surface area contributed by atoms with E-state index in [1.54, 1.807) is 0 Å². The van der Waals surface area contributed by atoms with E-state index in [9.17, 15) is 0 Å². The van der Waals surface area contributed by atoms with Gasteiger partial charge < -0.3 is 11.1 Å². The van der Waals surface area contributed by atoms with Gasteiger partial charge in [0, 0.05) is 17.8 Å². The molecule has 2 atom stereocenters. The summed E-state index contributed by atoms with van der Waals surface area (Å²) < 4.78 is 0. The van der Waals surface area contributed by atoms with E-state index in [0.717, 1.165) is 11.8 Å². The molecular formula is C11H23N3S. The maximum Gasteiger partial charge on any atom is 0.188 e. The second kappa shape index (κ2) is 6.26. The first kappa shape index (κ1) is 12.7. The van der Waals surface area contributed by atoms with Crippen LogP contribution < -0.4 is 11.1 Å². The summed E-state index contributed by atoms with van der Waals surface area (Å²) in [5.74, 6) is 1.20. The van der Waals surface area contributed by atoms with Crippen LogP contribution in [-0.4, -0.2) is 30.1 Å². The van der Waals surface area contributed by atoms with Gasteiger partial charge in [0.05, 0.1) is 0 Å². The lowest BCUT2D eigenvalue weighted by Gasteiger charge is -2.13. The molecule has 88 valence electrons. The molecule has 15 heavy (non-hydrogen) atoms. The number of aliphatic imine (C=N–C) groups is 1. The normalized spacial score (nSPS) is 27.3. The molecular weight excluding hydrogens is 206 g/mol. The molecule has 0 aliphatic heterocycles. The van der Waals surface area contributed by atoms with Gasteiger partial charge in [0.15, 0.2) is 5.96 Å². The van der Waals surface area contributed by atoms with Crippen molar-refractivity contribution in [3.8, 4) is 0 Å². The average Bonchev–Trinajstić information content (AvgIpc) is 2.62. The Morgan fingerprint density at radius 1 is 1.53 bits per heavy atom. The first-order chi connectivity index (χ1) is 7.11. The predicted octanol–water partition coefficient (Wildman–Crippen LogP) is 1.83. The molecule has 0 aromatic carbocycles. The Hall–Kier alpha value is -0.380. The highest BCUT2D eigenvalue weighted by molar-refractivity contribution is 7.99. The number of rotatable bonds is 4. The van der Waals surface area contributed by atoms with E-state index < -0.39 is 0 Å². The van der Waals surface area contributed by atoms with E-state index >= 15 is 0 Å². The van der Waals surface area contributed by atoms with E-state index in [2.05, 4.69) is 30.4 Å². The lowest BCUT2D eigenvalue weighted by Crippen LogP contribution is -2.39. The molecule has 2 unspecified atom stereocenters. The third kappa shape index (κ3) is 4.78. The number of hydrogen-bond acceptors (Lipinski definition) is 2. The number of nitrogens with two attached hydrogens (primary N) is 1. The maximum absolute atomic E-state index is 5.82. The largest absolute Gasteiger partial charge is 0.370 e. The second-order valence-corrected chi connectivity index (χ2v) is 5.77. The number of nitrogens with zero attached hydrogens (tertiary/aromatic N) is 1. The average molecular weight is 229 g/mol. The summed E-state index contributed by atoms with van der Waals surface area (Å²) in [6.07, 6.45) is 5.93. The van der Waals surface area contributed by atoms with E-state index in [1.807, 2.05) is 11.8 Å². The predicted molar refractivity (Wildman–Crippen MR) is 69.4 cm³/mol. The van der Waals surface area contributed by atoms with Crippen LogP contribution in [0.2, 0.25) is 0 Å². The topological polar surface area (TPSA) is 50.4 Å². The quantitative estimate of drug-likeness (QED) is 0.571. The SMILES string of the molecule is CSC1CCC(NC(N)=NCC(C)C)C1. The molecule has 0 bridgehead atoms. The van der Waals surface area contributed by atoms with Crippen molar-refractivity contribution in [3.63, 3.8) is 0 Å². The molecule has 1 rings (SSSR count). The summed E-state index contributed by atoms with van der Waals surface area (Å²) in [6, 6.07) is 0.540. The smallest absolute Gasteiger partial charge is 0.188 e. The van der Waals surface area contributed by atoms with Crippen LogP contribution in [0.5, 0.6) is 0 Å². The van der Waals surface area contributed by atoms with Crippen molar-refractivity contribution in [2.24, 2.45) is 16.6 Å². The van der Waals surface area contributed by atoms with E-state index in [0.29, 0.717) is 17.9 Å². The molecule has 3 nitrogen and oxygen atoms in total. The minimum absolute atomic E-state index is 0.540. The molecule has 0 radical (unpaired) electrons. The molecule has 1 saturated carbocycles. The minimum Gasteiger partial charge on any atom is -0.370 e. The zero-order valence-electron chi connectivity index (χ0n) is 9.99. The molecule has 0 aromatic rings. The van der Waals surface area contributed by atoms with Crippen molar-refractivity contribution in [3.05, 3.63) is 0 Å². The van der Waals surface area contributed by atoms with Gasteiger partial charge in [-0.05, 0) is 31.4 Å². The van der Waals surface area contributed by atoms with Gasteiger partial charge in [-0.1, -0.05) is 13.8 Å². The maximum atomic E-state index is 5.82. The molecule has 0 aromatic heterocycles. The summed E-state index contributed by atoms with van der Waals surface area (Å²) in [4.78, 5) is 4.31. The first-order valence-electron chi connectivity index (χ1n) is 5.71. The Kier molecular flexibility index (Phi) is 5.29. The van der Waals surface area contributed by atoms with Crippen LogP contribution in [0.1, 0.15) is 33.1 Å². The van der Waals surface area contributed by atoms with Crippen LogP contribution in [0.4, 0.5) is 0 Å². The van der Waals surface area contributed by atoms with Gasteiger partial charge >= 0.3 is 0 Å². The van der Waals surface area contributed by atoms with E-state index in [4.69, 9.17) is 5.73 Å². The van der Waals surface area contributed by atoms with Crippen LogP contribution in [0.25, 0.3) is 0 Å². The number of thioether (sulfide) groups is 1. The lowest BCUT2D eigenvalue weighted by atomic mass is 10.2. The van der Waals surface area contributed by atoms with Crippen LogP contribution in [0.15, 0.2) is 4.99 Å². The molecule has 1 aliphatic carbocycles. The van der Waals surface area contributed by atoms with Gasteiger partial charge in [-0.3, -0.25) is 4.99 Å². The molecule has 1 aliphatic rings. The summed E-state index contributed by atoms with van der Waals surface area (Å²) in [7, 11) is 0. The van der Waals surface area contributed by atoms with Crippen LogP contribution >= 0.6 is 11.8 Å². The molecule has 3 N–H and O–H groups in total. The van der Waals surface area contributed by atoms with Gasteiger partial charge in [-0.2, -0.15) is 11.8 Å². The Morgan fingerprint density at radius 3 is 2.80 bits per heavy atom. The fourth-order valence-electron chi connectivity index (χ4n) is 1.82. The van der Waals surface area contributed by atoms with Crippen LogP contribution in [0.3, 0.4) is 0 Å². The molecule has 0 spiro atoms. The highest BCUT2D eigenvalue weighted by Gasteiger charge is 2.23. The number of nitrogens with one attached hydrogen (secondary N) is 1. The molecule has 4 heteroatoms. The standard InChI is InChI=1S/C11H23N3S/c1-8(2)7-13-11(12)14-9-4-5-10(6-9)15-3/h8-10H,4-7H2,1-3H3,(H3,12,13,14). The van der Waals surface area contributed by atoms with E-state index in [-0.39, 0.29) is 0 Å². The third-order valence-corrected chi connectivity index (χ3v) is 3.79. The Labute approximate surface area is 97.3 Å². The Bertz CT molecular complexity index is 216. The Balaban J connectivity index is 2.26. The van der Waals surface area contributed by atoms with Crippen molar-refractivity contribution in [2.75, 3.05) is 12.8 Å². The molecule has 0 saturated heterocycles. The van der Waals surface area contributed by atoms with Crippen molar-refractivity contribution in [1.82, 2.24) is 5.32 Å². The zero-order valence-corrected chi connectivity index (χ0v) is 10.8. The summed E-state index contributed by atoms with van der Waals surface area (Å²) in [5, 5.41) is 4.12. The van der Waals surface area contributed by atoms with Crippen molar-refractivity contribution in [2.45, 2.75) is 44.4 Å². The summed E-state index contributed by atoms with van der Waals surface area (Å²) in [5.41, 5.74) is 5.82. The summed E-state index contributed by atoms with van der Waals surface area (Å²) >= 11 is 1.96. The Morgan fingerprint density at radius 2 is 2.27 bits per heavy atom. The molecule has 0 amide bonds. The van der Waals surface area contributed by atoms with Gasteiger partial charge in [-0.15, -0.1) is 0 Å². The lowest BCUT2D eigenvalue weighted by molar-refractivity contribution is 0.616. The monoisotopic (exact) mass is 229 g/mol. The van der Waals surface area contributed by atoms with Gasteiger partial charge in [0.2, 0.25) is 0 Å². The van der Waals surface area contributed by atoms with Crippen molar-refractivity contribution >= 4 is 17.7 Å². The highest BCUT2D eigenvalue weighted by atomic mass is 32.2. The fourth-order valence-corrected chi connectivity index (χ4v) is 2.62. The first-order valence-corrected chi connectivity index (χ1v) is 6.99. The van der Waals surface area contributed by atoms with Crippen molar-refractivity contribution in [1.29, 1.82) is 0 Å².